The van der Waals surface area contributed by atoms with Crippen LogP contribution in [0.25, 0.3) is 5.57 Å². The van der Waals surface area contributed by atoms with E-state index >= 15 is 0 Å². The Morgan fingerprint density at radius 2 is 1.85 bits per heavy atom. The third kappa shape index (κ3) is 6.34. The molecule has 39 heavy (non-hydrogen) atoms. The van der Waals surface area contributed by atoms with Gasteiger partial charge in [0.15, 0.2) is 0 Å². The van der Waals surface area contributed by atoms with Gasteiger partial charge in [0.2, 0.25) is 0 Å². The maximum atomic E-state index is 12.2. The van der Waals surface area contributed by atoms with Gasteiger partial charge in [-0.25, -0.2) is 10.5 Å². The lowest BCUT2D eigenvalue weighted by Crippen LogP contribution is -2.33. The molecule has 0 unspecified atom stereocenters. The Kier molecular flexibility index (Phi) is 9.43. The van der Waals surface area contributed by atoms with Crippen molar-refractivity contribution in [2.75, 3.05) is 51.6 Å². The van der Waals surface area contributed by atoms with Gasteiger partial charge in [-0.2, -0.15) is 0 Å². The molecule has 0 atom stereocenters. The first-order chi connectivity index (χ1) is 18.9. The highest BCUT2D eigenvalue weighted by atomic mass is 16.6. The predicted molar refractivity (Wildman–Crippen MR) is 159 cm³/mol. The number of nitrogens with zero attached hydrogens (tertiary/aromatic N) is 4. The van der Waals surface area contributed by atoms with Crippen LogP contribution in [0.5, 0.6) is 0 Å². The Morgan fingerprint density at radius 3 is 2.46 bits per heavy atom. The maximum absolute atomic E-state index is 12.2. The van der Waals surface area contributed by atoms with Crippen molar-refractivity contribution >= 4 is 23.1 Å². The maximum Gasteiger partial charge on any atom is 0.253 e. The molecule has 0 aliphatic carbocycles. The van der Waals surface area contributed by atoms with Gasteiger partial charge in [0.1, 0.15) is 11.6 Å². The lowest BCUT2D eigenvalue weighted by molar-refractivity contribution is 0.0827. The molecule has 2 aromatic heterocycles. The fourth-order valence-electron chi connectivity index (χ4n) is 5.39. The van der Waals surface area contributed by atoms with Gasteiger partial charge < -0.3 is 14.8 Å². The van der Waals surface area contributed by atoms with Crippen LogP contribution >= 0.6 is 0 Å². The summed E-state index contributed by atoms with van der Waals surface area (Å²) in [5, 5.41) is 3.56. The molecule has 4 heterocycles. The second-order valence-electron chi connectivity index (χ2n) is 10.1. The number of rotatable bonds is 7. The number of pyridine rings is 1. The normalized spacial score (nSPS) is 15.4. The van der Waals surface area contributed by atoms with Crippen LogP contribution in [0.4, 0.5) is 11.6 Å². The quantitative estimate of drug-likeness (QED) is 0.401. The van der Waals surface area contributed by atoms with Gasteiger partial charge in [0.05, 0.1) is 7.11 Å². The Hall–Kier alpha value is -3.62. The largest absolute Gasteiger partial charge is 0.367 e. The molecule has 208 valence electrons. The van der Waals surface area contributed by atoms with Crippen LogP contribution in [-0.2, 0) is 18.4 Å². The summed E-state index contributed by atoms with van der Waals surface area (Å²) >= 11 is 0. The van der Waals surface area contributed by atoms with Gasteiger partial charge >= 0.3 is 0 Å². The molecule has 1 saturated heterocycles. The number of carbonyl (C=O) groups is 1. The highest BCUT2D eigenvalue weighted by molar-refractivity contribution is 5.93. The molecule has 1 aromatic carbocycles. The molecule has 0 radical (unpaired) electrons. The van der Waals surface area contributed by atoms with Gasteiger partial charge in [0.25, 0.3) is 5.91 Å². The minimum atomic E-state index is 0.0514. The molecule has 2 aliphatic rings. The minimum Gasteiger partial charge on any atom is -0.367 e. The van der Waals surface area contributed by atoms with Crippen LogP contribution in [0.1, 0.15) is 65.3 Å². The second kappa shape index (κ2) is 13.0. The third-order valence-electron chi connectivity index (χ3n) is 7.49. The molecule has 0 bridgehead atoms. The molecule has 1 amide bonds. The molecular formula is C31H42N6O2. The summed E-state index contributed by atoms with van der Waals surface area (Å²) in [6.07, 6.45) is 6.38. The zero-order valence-electron chi connectivity index (χ0n) is 24.1. The van der Waals surface area contributed by atoms with Crippen molar-refractivity contribution in [3.8, 4) is 0 Å². The van der Waals surface area contributed by atoms with Gasteiger partial charge in [-0.3, -0.25) is 14.5 Å². The fraction of sp³-hybridized carbons (Fsp3) is 0.419. The Morgan fingerprint density at radius 1 is 1.13 bits per heavy atom. The number of hydrogen-bond donors (Lipinski definition) is 2. The fourth-order valence-corrected chi connectivity index (χ4v) is 5.39. The van der Waals surface area contributed by atoms with Crippen molar-refractivity contribution in [3.63, 3.8) is 0 Å². The number of likely N-dealkylation sites (tertiary alicyclic amines) is 1. The van der Waals surface area contributed by atoms with E-state index in [1.807, 2.05) is 38.2 Å². The molecule has 0 saturated carbocycles. The Bertz CT molecular complexity index is 1270. The lowest BCUT2D eigenvalue weighted by atomic mass is 9.89. The minimum absolute atomic E-state index is 0.0514. The second-order valence-corrected chi connectivity index (χ2v) is 10.1. The monoisotopic (exact) mass is 530 g/mol. The van der Waals surface area contributed by atoms with Crippen LogP contribution < -0.4 is 10.8 Å². The Labute approximate surface area is 232 Å². The molecule has 1 fully saturated rings. The van der Waals surface area contributed by atoms with E-state index in [2.05, 4.69) is 62.6 Å². The van der Waals surface area contributed by atoms with Crippen molar-refractivity contribution in [1.29, 1.82) is 0 Å². The number of nitrogens with one attached hydrogen (secondary N) is 2. The summed E-state index contributed by atoms with van der Waals surface area (Å²) in [6.45, 7) is 7.85. The van der Waals surface area contributed by atoms with Crippen molar-refractivity contribution in [2.24, 2.45) is 7.05 Å². The van der Waals surface area contributed by atoms with E-state index in [-0.39, 0.29) is 5.91 Å². The van der Waals surface area contributed by atoms with Gasteiger partial charge in [-0.15, -0.1) is 0 Å². The van der Waals surface area contributed by atoms with Crippen molar-refractivity contribution in [2.45, 2.75) is 39.2 Å². The van der Waals surface area contributed by atoms with Crippen molar-refractivity contribution in [3.05, 3.63) is 82.7 Å². The standard InChI is InChI=1S/C29H36N6O2.C2H6/c1-33(2)29(36)22-7-5-20(6-8-22)21-12-15-35(16-13-21)19-24-17-26-25(11-14-30-28(26)34(24)3)23-9-10-27(31-18-23)32-37-4;1-2/h5-11,17-18,21,30H,12-16,19H2,1-4H3,(H,31,32);1-2H3. The number of benzene rings is 1. The van der Waals surface area contributed by atoms with Crippen LogP contribution in [0.2, 0.25) is 0 Å². The zero-order valence-corrected chi connectivity index (χ0v) is 24.1. The third-order valence-corrected chi connectivity index (χ3v) is 7.49. The average Bonchev–Trinajstić information content (AvgIpc) is 3.29. The molecule has 8 heteroatoms. The van der Waals surface area contributed by atoms with E-state index in [9.17, 15) is 4.79 Å². The van der Waals surface area contributed by atoms with E-state index in [0.717, 1.165) is 56.0 Å². The summed E-state index contributed by atoms with van der Waals surface area (Å²) in [4.78, 5) is 25.8. The smallest absolute Gasteiger partial charge is 0.253 e. The van der Waals surface area contributed by atoms with Crippen LogP contribution in [0.15, 0.2) is 54.7 Å². The van der Waals surface area contributed by atoms with Crippen LogP contribution in [0, 0.1) is 0 Å². The first kappa shape index (κ1) is 28.4. The molecule has 8 nitrogen and oxygen atoms in total. The SMILES string of the molecule is CC.CONc1ccc(C2=CCNc3c2cc(CN2CCC(c4ccc(C(=O)N(C)C)cc4)CC2)n3C)cn1. The van der Waals surface area contributed by atoms with E-state index in [0.29, 0.717) is 11.7 Å². The summed E-state index contributed by atoms with van der Waals surface area (Å²) in [5.41, 5.74) is 9.69. The van der Waals surface area contributed by atoms with Gasteiger partial charge in [-0.05, 0) is 73.3 Å². The summed E-state index contributed by atoms with van der Waals surface area (Å²) in [7, 11) is 7.31. The van der Waals surface area contributed by atoms with Gasteiger partial charge in [0, 0.05) is 62.8 Å². The summed E-state index contributed by atoms with van der Waals surface area (Å²) in [6, 6.07) is 14.5. The number of piperidine rings is 1. The highest BCUT2D eigenvalue weighted by Crippen LogP contribution is 2.36. The average molecular weight is 531 g/mol. The zero-order chi connectivity index (χ0) is 27.9. The van der Waals surface area contributed by atoms with E-state index < -0.39 is 0 Å². The number of fused-ring (bicyclic) bond motifs is 1. The molecule has 3 aromatic rings. The Balaban J connectivity index is 0.00000172. The lowest BCUT2D eigenvalue weighted by Gasteiger charge is -2.32. The topological polar surface area (TPSA) is 74.7 Å². The van der Waals surface area contributed by atoms with E-state index in [1.165, 1.54) is 22.4 Å². The highest BCUT2D eigenvalue weighted by Gasteiger charge is 2.24. The van der Waals surface area contributed by atoms with E-state index in [4.69, 9.17) is 4.84 Å². The molecule has 2 N–H and O–H groups in total. The number of amides is 1. The summed E-state index contributed by atoms with van der Waals surface area (Å²) < 4.78 is 2.29. The molecule has 5 rings (SSSR count). The molecule has 2 aliphatic heterocycles. The number of aromatic nitrogens is 2. The number of anilines is 2. The van der Waals surface area contributed by atoms with Crippen molar-refractivity contribution in [1.82, 2.24) is 19.4 Å². The predicted octanol–water partition coefficient (Wildman–Crippen LogP) is 5.36. The first-order valence-electron chi connectivity index (χ1n) is 13.9. The van der Waals surface area contributed by atoms with Crippen molar-refractivity contribution < 1.29 is 9.63 Å². The van der Waals surface area contributed by atoms with Crippen LogP contribution in [0.3, 0.4) is 0 Å². The van der Waals surface area contributed by atoms with Gasteiger partial charge in [-0.1, -0.05) is 32.1 Å². The molecule has 0 spiro atoms. The van der Waals surface area contributed by atoms with E-state index in [1.54, 1.807) is 26.1 Å². The first-order valence-corrected chi connectivity index (χ1v) is 13.9. The number of carbonyl (C=O) groups excluding carboxylic acids is 1. The molecular weight excluding hydrogens is 488 g/mol. The van der Waals surface area contributed by atoms with Crippen LogP contribution in [-0.4, -0.2) is 66.1 Å². The number of hydrogen-bond acceptors (Lipinski definition) is 6. The summed E-state index contributed by atoms with van der Waals surface area (Å²) in [5.74, 6) is 2.45.